The van der Waals surface area contributed by atoms with Crippen LogP contribution >= 0.6 is 0 Å². The number of carbonyl (C=O) groups is 2. The number of aliphatic carboxylic acids is 1. The number of hydrogen-bond donors (Lipinski definition) is 3. The van der Waals surface area contributed by atoms with E-state index in [-0.39, 0.29) is 36.2 Å². The van der Waals surface area contributed by atoms with Crippen LogP contribution in [0, 0.1) is 51.8 Å². The first-order valence-electron chi connectivity index (χ1n) is 13.4. The number of ether oxygens (including phenoxy) is 3. The Balaban J connectivity index is 1.56. The van der Waals surface area contributed by atoms with Gasteiger partial charge in [0.15, 0.2) is 6.29 Å². The van der Waals surface area contributed by atoms with Crippen molar-refractivity contribution < 1.29 is 39.1 Å². The molecule has 1 aliphatic heterocycles. The van der Waals surface area contributed by atoms with Gasteiger partial charge in [0.2, 0.25) is 0 Å². The Hall–Kier alpha value is -1.06. The lowest BCUT2D eigenvalue weighted by Crippen LogP contribution is -2.65. The van der Waals surface area contributed by atoms with Crippen molar-refractivity contribution in [1.82, 2.24) is 0 Å². The van der Waals surface area contributed by atoms with E-state index in [4.69, 9.17) is 14.2 Å². The van der Waals surface area contributed by atoms with Crippen molar-refractivity contribution in [2.75, 3.05) is 13.7 Å². The minimum Gasteiger partial charge on any atom is -0.481 e. The Morgan fingerprint density at radius 3 is 2.49 bits per heavy atom. The molecule has 4 bridgehead atoms. The minimum atomic E-state index is -1.31. The van der Waals surface area contributed by atoms with Crippen molar-refractivity contribution >= 4 is 12.3 Å². The van der Waals surface area contributed by atoms with Crippen molar-refractivity contribution in [1.29, 1.82) is 0 Å². The standard InChI is InChI=1S/C27H42O8/c1-13(2)19-8-16-9-25(11-28)18-7-6-14(3)17(18)10-26(16,27(19,25)24(31)32)12-34-23-21(30)20(29)22(33-5)15(4)35-23/h11,13-23,29-30H,6-10,12H2,1-5H3,(H,31,32)/t14-,15-,16+,17-,18-,19-,20+,21+,22-,23-,25+,26+,27+/m1/s1. The van der Waals surface area contributed by atoms with Gasteiger partial charge in [0.05, 0.1) is 18.1 Å². The molecule has 35 heavy (non-hydrogen) atoms. The number of carboxylic acid groups (broad SMARTS) is 1. The molecule has 5 rings (SSSR count). The summed E-state index contributed by atoms with van der Waals surface area (Å²) in [5.41, 5.74) is -2.82. The largest absolute Gasteiger partial charge is 0.481 e. The van der Waals surface area contributed by atoms with E-state index < -0.39 is 52.9 Å². The lowest BCUT2D eigenvalue weighted by atomic mass is 9.42. The average molecular weight is 495 g/mol. The maximum Gasteiger partial charge on any atom is 0.311 e. The minimum absolute atomic E-state index is 0.0591. The third kappa shape index (κ3) is 2.98. The summed E-state index contributed by atoms with van der Waals surface area (Å²) in [6, 6.07) is 0. The molecule has 0 aromatic heterocycles. The van der Waals surface area contributed by atoms with E-state index in [0.29, 0.717) is 12.3 Å². The van der Waals surface area contributed by atoms with Gasteiger partial charge >= 0.3 is 5.97 Å². The number of fused-ring (bicyclic) bond motifs is 2. The Labute approximate surface area is 207 Å². The van der Waals surface area contributed by atoms with Gasteiger partial charge in [-0.2, -0.15) is 0 Å². The summed E-state index contributed by atoms with van der Waals surface area (Å²) in [5, 5.41) is 32.4. The van der Waals surface area contributed by atoms with Crippen LogP contribution in [0.5, 0.6) is 0 Å². The smallest absolute Gasteiger partial charge is 0.311 e. The van der Waals surface area contributed by atoms with Gasteiger partial charge in [0, 0.05) is 17.9 Å². The molecule has 8 heteroatoms. The molecule has 1 saturated heterocycles. The number of aliphatic hydroxyl groups is 2. The van der Waals surface area contributed by atoms with Gasteiger partial charge in [-0.15, -0.1) is 0 Å². The highest BCUT2D eigenvalue weighted by molar-refractivity contribution is 5.86. The molecule has 4 aliphatic carbocycles. The molecule has 3 N–H and O–H groups in total. The predicted octanol–water partition coefficient (Wildman–Crippen LogP) is 2.49. The fourth-order valence-corrected chi connectivity index (χ4v) is 10.1. The van der Waals surface area contributed by atoms with Crippen LogP contribution < -0.4 is 0 Å². The number of aldehydes is 1. The van der Waals surface area contributed by atoms with Gasteiger partial charge in [-0.1, -0.05) is 27.2 Å². The Morgan fingerprint density at radius 1 is 1.17 bits per heavy atom. The third-order valence-electron chi connectivity index (χ3n) is 11.3. The zero-order valence-electron chi connectivity index (χ0n) is 21.6. The summed E-state index contributed by atoms with van der Waals surface area (Å²) < 4.78 is 17.5. The second kappa shape index (κ2) is 8.48. The van der Waals surface area contributed by atoms with E-state index in [2.05, 4.69) is 20.8 Å². The predicted molar refractivity (Wildman–Crippen MR) is 125 cm³/mol. The number of rotatable bonds is 7. The van der Waals surface area contributed by atoms with Crippen LogP contribution in [0.4, 0.5) is 0 Å². The van der Waals surface area contributed by atoms with E-state index in [1.54, 1.807) is 6.92 Å². The van der Waals surface area contributed by atoms with Crippen LogP contribution in [0.25, 0.3) is 0 Å². The van der Waals surface area contributed by atoms with E-state index in [9.17, 15) is 24.9 Å². The molecule has 5 fully saturated rings. The first-order chi connectivity index (χ1) is 16.5. The maximum atomic E-state index is 13.5. The lowest BCUT2D eigenvalue weighted by Gasteiger charge is -2.59. The Bertz CT molecular complexity index is 862. The molecule has 198 valence electrons. The van der Waals surface area contributed by atoms with Crippen LogP contribution in [-0.2, 0) is 23.8 Å². The van der Waals surface area contributed by atoms with Crippen molar-refractivity contribution in [3.05, 3.63) is 0 Å². The molecule has 1 heterocycles. The summed E-state index contributed by atoms with van der Waals surface area (Å²) in [6.45, 7) is 8.23. The van der Waals surface area contributed by atoms with Gasteiger partial charge in [0.25, 0.3) is 0 Å². The van der Waals surface area contributed by atoms with Crippen molar-refractivity contribution in [3.8, 4) is 0 Å². The average Bonchev–Trinajstić information content (AvgIpc) is 3.38. The quantitative estimate of drug-likeness (QED) is 0.462. The van der Waals surface area contributed by atoms with Crippen molar-refractivity contribution in [2.45, 2.75) is 90.5 Å². The highest BCUT2D eigenvalue weighted by Crippen LogP contribution is 2.84. The second-order valence-corrected chi connectivity index (χ2v) is 12.6. The number of methoxy groups -OCH3 is 1. The molecule has 0 aromatic carbocycles. The summed E-state index contributed by atoms with van der Waals surface area (Å²) in [7, 11) is 1.46. The molecule has 13 atom stereocenters. The first-order valence-corrected chi connectivity index (χ1v) is 13.4. The number of carboxylic acids is 1. The molecule has 4 saturated carbocycles. The normalized spacial score (nSPS) is 54.7. The fourth-order valence-electron chi connectivity index (χ4n) is 10.1. The summed E-state index contributed by atoms with van der Waals surface area (Å²) in [5.74, 6) is -0.0130. The third-order valence-corrected chi connectivity index (χ3v) is 11.3. The highest BCUT2D eigenvalue weighted by atomic mass is 16.7. The lowest BCUT2D eigenvalue weighted by molar-refractivity contribution is -0.308. The maximum absolute atomic E-state index is 13.5. The molecular formula is C27H42O8. The molecule has 8 nitrogen and oxygen atoms in total. The van der Waals surface area contributed by atoms with Gasteiger partial charge in [-0.3, -0.25) is 4.79 Å². The molecule has 0 spiro atoms. The SMILES string of the molecule is CO[C@H]1[C@@H](O)[C@H](O)[C@H](OC[C@@]23C[C@@H]4[C@H](C)CC[C@H]4[C@@]4(C=O)C[C@@H]2C[C@H](C(C)C)[C@@]34C(=O)O)O[C@@H]1C. The van der Waals surface area contributed by atoms with Gasteiger partial charge in [-0.05, 0) is 68.1 Å². The fraction of sp³-hybridized carbons (Fsp3) is 0.926. The van der Waals surface area contributed by atoms with E-state index in [1.165, 1.54) is 7.11 Å². The van der Waals surface area contributed by atoms with Crippen LogP contribution in [0.2, 0.25) is 0 Å². The summed E-state index contributed by atoms with van der Waals surface area (Å²) in [4.78, 5) is 26.6. The van der Waals surface area contributed by atoms with E-state index in [1.807, 2.05) is 0 Å². The molecule has 0 aromatic rings. The molecule has 0 amide bonds. The van der Waals surface area contributed by atoms with Crippen molar-refractivity contribution in [2.24, 2.45) is 51.8 Å². The molecule has 5 aliphatic rings. The van der Waals surface area contributed by atoms with E-state index in [0.717, 1.165) is 32.0 Å². The molecule has 0 radical (unpaired) electrons. The van der Waals surface area contributed by atoms with Crippen LogP contribution in [0.3, 0.4) is 0 Å². The number of hydrogen-bond acceptors (Lipinski definition) is 7. The summed E-state index contributed by atoms with van der Waals surface area (Å²) in [6.07, 6.45) is 0.273. The van der Waals surface area contributed by atoms with Crippen molar-refractivity contribution in [3.63, 3.8) is 0 Å². The van der Waals surface area contributed by atoms with Crippen LogP contribution in [0.1, 0.15) is 59.8 Å². The second-order valence-electron chi connectivity index (χ2n) is 12.6. The summed E-state index contributed by atoms with van der Waals surface area (Å²) >= 11 is 0. The van der Waals surface area contributed by atoms with Gasteiger partial charge in [0.1, 0.15) is 24.6 Å². The Kier molecular flexibility index (Phi) is 6.20. The monoisotopic (exact) mass is 494 g/mol. The zero-order chi connectivity index (χ0) is 25.5. The zero-order valence-corrected chi connectivity index (χ0v) is 21.6. The molecular weight excluding hydrogens is 452 g/mol. The highest BCUT2D eigenvalue weighted by Gasteiger charge is 2.86. The van der Waals surface area contributed by atoms with Gasteiger partial charge < -0.3 is 34.3 Å². The first kappa shape index (κ1) is 25.6. The number of aliphatic hydroxyl groups excluding tert-OH is 2. The number of carbonyl (C=O) groups excluding carboxylic acids is 1. The topological polar surface area (TPSA) is 123 Å². The molecule has 0 unspecified atom stereocenters. The Morgan fingerprint density at radius 2 is 1.89 bits per heavy atom. The van der Waals surface area contributed by atoms with Gasteiger partial charge in [-0.25, -0.2) is 0 Å². The van der Waals surface area contributed by atoms with E-state index >= 15 is 0 Å². The van der Waals surface area contributed by atoms with Crippen LogP contribution in [-0.4, -0.2) is 72.0 Å². The van der Waals surface area contributed by atoms with Crippen LogP contribution in [0.15, 0.2) is 0 Å².